The first kappa shape index (κ1) is 25.0. The summed E-state index contributed by atoms with van der Waals surface area (Å²) in [6.07, 6.45) is 0. The van der Waals surface area contributed by atoms with E-state index in [9.17, 15) is 4.79 Å². The summed E-state index contributed by atoms with van der Waals surface area (Å²) in [4.78, 5) is 17.0. The topological polar surface area (TPSA) is 61.6 Å². The number of hydrogen-bond donors (Lipinski definition) is 0. The molecule has 5 aromatic rings. The van der Waals surface area contributed by atoms with Crippen LogP contribution in [0.15, 0.2) is 101 Å². The Labute approximate surface area is 215 Å². The highest BCUT2D eigenvalue weighted by Crippen LogP contribution is 2.33. The molecule has 5 rings (SSSR count). The fourth-order valence-corrected chi connectivity index (χ4v) is 3.72. The lowest BCUT2D eigenvalue weighted by atomic mass is 10.2. The molecule has 0 radical (unpaired) electrons. The minimum Gasteiger partial charge on any atom is -0.489 e. The normalized spacial score (nSPS) is 10.4. The molecule has 6 heteroatoms. The standard InChI is InChI=1S/C28H20ClNO4.C2H6/c29-24-16-22(32-17-19-7-3-1-4-8-19)12-13-23(24)27-30-25-14-11-21(15-26(25)34-27)28(31)33-18-20-9-5-2-6-10-20;1-2/h1-16H,17-18H2;1-2H3. The predicted molar refractivity (Wildman–Crippen MR) is 142 cm³/mol. The van der Waals surface area contributed by atoms with Gasteiger partial charge in [0, 0.05) is 0 Å². The van der Waals surface area contributed by atoms with E-state index < -0.39 is 5.97 Å². The smallest absolute Gasteiger partial charge is 0.338 e. The van der Waals surface area contributed by atoms with Crippen LogP contribution >= 0.6 is 11.6 Å². The van der Waals surface area contributed by atoms with Crippen LogP contribution in [-0.4, -0.2) is 11.0 Å². The molecule has 0 saturated heterocycles. The summed E-state index contributed by atoms with van der Waals surface area (Å²) < 4.78 is 17.2. The minimum atomic E-state index is -0.429. The molecule has 0 atom stereocenters. The largest absolute Gasteiger partial charge is 0.489 e. The second-order valence-corrected chi connectivity index (χ2v) is 8.09. The summed E-state index contributed by atoms with van der Waals surface area (Å²) in [7, 11) is 0. The summed E-state index contributed by atoms with van der Waals surface area (Å²) in [6.45, 7) is 4.65. The summed E-state index contributed by atoms with van der Waals surface area (Å²) >= 11 is 6.50. The number of aromatic nitrogens is 1. The molecule has 0 aliphatic heterocycles. The molecule has 0 N–H and O–H groups in total. The summed E-state index contributed by atoms with van der Waals surface area (Å²) in [5.41, 5.74) is 4.11. The van der Waals surface area contributed by atoms with Crippen LogP contribution in [-0.2, 0) is 18.0 Å². The molecular weight excluding hydrogens is 474 g/mol. The van der Waals surface area contributed by atoms with Crippen molar-refractivity contribution in [3.05, 3.63) is 119 Å². The van der Waals surface area contributed by atoms with Gasteiger partial charge in [-0.15, -0.1) is 0 Å². The molecule has 0 bridgehead atoms. The molecule has 0 aliphatic carbocycles. The molecule has 0 saturated carbocycles. The van der Waals surface area contributed by atoms with Crippen LogP contribution in [0.5, 0.6) is 5.75 Å². The minimum absolute atomic E-state index is 0.202. The van der Waals surface area contributed by atoms with Gasteiger partial charge in [-0.25, -0.2) is 9.78 Å². The predicted octanol–water partition coefficient (Wildman–Crippen LogP) is 8.11. The van der Waals surface area contributed by atoms with Crippen LogP contribution in [0.4, 0.5) is 0 Å². The van der Waals surface area contributed by atoms with Crippen LogP contribution in [0.25, 0.3) is 22.6 Å². The maximum absolute atomic E-state index is 12.5. The third kappa shape index (κ3) is 6.12. The van der Waals surface area contributed by atoms with Crippen LogP contribution in [0.2, 0.25) is 5.02 Å². The van der Waals surface area contributed by atoms with Crippen molar-refractivity contribution in [2.75, 3.05) is 0 Å². The van der Waals surface area contributed by atoms with Crippen LogP contribution in [0.1, 0.15) is 35.3 Å². The molecular formula is C30H26ClNO4. The van der Waals surface area contributed by atoms with Crippen LogP contribution < -0.4 is 4.74 Å². The molecule has 5 nitrogen and oxygen atoms in total. The van der Waals surface area contributed by atoms with E-state index in [1.54, 1.807) is 24.3 Å². The SMILES string of the molecule is CC.O=C(OCc1ccccc1)c1ccc2nc(-c3ccc(OCc4ccccc4)cc3Cl)oc2c1. The number of nitrogens with zero attached hydrogens (tertiary/aromatic N) is 1. The van der Waals surface area contributed by atoms with Crippen molar-refractivity contribution < 1.29 is 18.7 Å². The van der Waals surface area contributed by atoms with Gasteiger partial charge in [-0.3, -0.25) is 0 Å². The Morgan fingerprint density at radius 2 is 1.50 bits per heavy atom. The Bertz CT molecular complexity index is 1430. The van der Waals surface area contributed by atoms with Gasteiger partial charge < -0.3 is 13.9 Å². The first-order valence-corrected chi connectivity index (χ1v) is 12.1. The van der Waals surface area contributed by atoms with Crippen molar-refractivity contribution in [3.8, 4) is 17.2 Å². The van der Waals surface area contributed by atoms with Gasteiger partial charge in [0.1, 0.15) is 24.5 Å². The zero-order valence-electron chi connectivity index (χ0n) is 20.1. The Balaban J connectivity index is 0.00000148. The van der Waals surface area contributed by atoms with Crippen molar-refractivity contribution in [3.63, 3.8) is 0 Å². The van der Waals surface area contributed by atoms with Crippen molar-refractivity contribution in [1.82, 2.24) is 4.98 Å². The van der Waals surface area contributed by atoms with E-state index in [1.165, 1.54) is 0 Å². The van der Waals surface area contributed by atoms with E-state index >= 15 is 0 Å². The maximum atomic E-state index is 12.5. The number of esters is 1. The van der Waals surface area contributed by atoms with Crippen molar-refractivity contribution in [2.24, 2.45) is 0 Å². The monoisotopic (exact) mass is 499 g/mol. The molecule has 0 fully saturated rings. The molecule has 182 valence electrons. The zero-order chi connectivity index (χ0) is 25.3. The zero-order valence-corrected chi connectivity index (χ0v) is 20.9. The molecule has 1 aromatic heterocycles. The van der Waals surface area contributed by atoms with Crippen LogP contribution in [0, 0.1) is 0 Å². The van der Waals surface area contributed by atoms with Gasteiger partial charge in [0.05, 0.1) is 16.1 Å². The second-order valence-electron chi connectivity index (χ2n) is 7.68. The second kappa shape index (κ2) is 12.0. The fourth-order valence-electron chi connectivity index (χ4n) is 3.47. The van der Waals surface area contributed by atoms with Crippen molar-refractivity contribution in [2.45, 2.75) is 27.1 Å². The molecule has 0 spiro atoms. The lowest BCUT2D eigenvalue weighted by Crippen LogP contribution is -2.04. The lowest BCUT2D eigenvalue weighted by molar-refractivity contribution is 0.0472. The van der Waals surface area contributed by atoms with Crippen molar-refractivity contribution >= 4 is 28.7 Å². The summed E-state index contributed by atoms with van der Waals surface area (Å²) in [5.74, 6) is 0.586. The van der Waals surface area contributed by atoms with Gasteiger partial charge in [-0.05, 0) is 47.5 Å². The quantitative estimate of drug-likeness (QED) is 0.212. The Hall–Kier alpha value is -4.09. The number of benzene rings is 4. The van der Waals surface area contributed by atoms with E-state index in [0.29, 0.717) is 45.5 Å². The van der Waals surface area contributed by atoms with Gasteiger partial charge in [-0.2, -0.15) is 0 Å². The van der Waals surface area contributed by atoms with Crippen molar-refractivity contribution in [1.29, 1.82) is 0 Å². The number of halogens is 1. The number of rotatable bonds is 7. The first-order valence-electron chi connectivity index (χ1n) is 11.7. The van der Waals surface area contributed by atoms with Gasteiger partial charge in [0.2, 0.25) is 5.89 Å². The molecule has 1 heterocycles. The maximum Gasteiger partial charge on any atom is 0.338 e. The van der Waals surface area contributed by atoms with E-state index in [2.05, 4.69) is 4.98 Å². The highest BCUT2D eigenvalue weighted by atomic mass is 35.5. The average Bonchev–Trinajstić information content (AvgIpc) is 3.36. The molecule has 0 aliphatic rings. The lowest BCUT2D eigenvalue weighted by Gasteiger charge is -2.08. The number of carbonyl (C=O) groups is 1. The number of ether oxygens (including phenoxy) is 2. The third-order valence-electron chi connectivity index (χ3n) is 5.26. The Morgan fingerprint density at radius 3 is 2.17 bits per heavy atom. The van der Waals surface area contributed by atoms with Gasteiger partial charge in [0.25, 0.3) is 0 Å². The molecule has 36 heavy (non-hydrogen) atoms. The molecule has 0 amide bonds. The number of hydrogen-bond acceptors (Lipinski definition) is 5. The third-order valence-corrected chi connectivity index (χ3v) is 5.57. The van der Waals surface area contributed by atoms with Gasteiger partial charge in [0.15, 0.2) is 5.58 Å². The summed E-state index contributed by atoms with van der Waals surface area (Å²) in [5, 5.41) is 0.458. The Kier molecular flexibility index (Phi) is 8.37. The van der Waals surface area contributed by atoms with E-state index in [1.807, 2.05) is 86.6 Å². The van der Waals surface area contributed by atoms with E-state index in [0.717, 1.165) is 11.1 Å². The molecule has 4 aromatic carbocycles. The van der Waals surface area contributed by atoms with Gasteiger partial charge >= 0.3 is 5.97 Å². The number of oxazole rings is 1. The van der Waals surface area contributed by atoms with E-state index in [4.69, 9.17) is 25.5 Å². The van der Waals surface area contributed by atoms with Gasteiger partial charge in [-0.1, -0.05) is 86.1 Å². The first-order chi connectivity index (χ1) is 17.7. The summed E-state index contributed by atoms with van der Waals surface area (Å²) in [6, 6.07) is 29.8. The fraction of sp³-hybridized carbons (Fsp3) is 0.133. The van der Waals surface area contributed by atoms with E-state index in [-0.39, 0.29) is 6.61 Å². The highest BCUT2D eigenvalue weighted by Gasteiger charge is 2.15. The number of carbonyl (C=O) groups excluding carboxylic acids is 1. The molecule has 0 unspecified atom stereocenters. The highest BCUT2D eigenvalue weighted by molar-refractivity contribution is 6.33. The average molecular weight is 500 g/mol. The number of fused-ring (bicyclic) bond motifs is 1. The van der Waals surface area contributed by atoms with Crippen LogP contribution in [0.3, 0.4) is 0 Å². The Morgan fingerprint density at radius 1 is 0.833 bits per heavy atom.